The van der Waals surface area contributed by atoms with Crippen LogP contribution in [0.25, 0.3) is 0 Å². The topological polar surface area (TPSA) is 42.3 Å². The Balaban J connectivity index is 1.75. The highest BCUT2D eigenvalue weighted by molar-refractivity contribution is 5.38. The summed E-state index contributed by atoms with van der Waals surface area (Å²) in [6.07, 6.45) is 4.00. The van der Waals surface area contributed by atoms with Gasteiger partial charge in [0, 0.05) is 24.7 Å². The van der Waals surface area contributed by atoms with Crippen LogP contribution in [-0.4, -0.2) is 54.1 Å². The molecule has 5 heteroatoms. The highest BCUT2D eigenvalue weighted by Gasteiger charge is 2.32. The van der Waals surface area contributed by atoms with Crippen molar-refractivity contribution in [1.82, 2.24) is 14.7 Å². The summed E-state index contributed by atoms with van der Waals surface area (Å²) in [6, 6.07) is 0. The molecule has 0 bridgehead atoms. The number of aromatic nitrogens is 2. The van der Waals surface area contributed by atoms with Crippen LogP contribution in [0.3, 0.4) is 0 Å². The normalized spacial score (nSPS) is 17.5. The van der Waals surface area contributed by atoms with E-state index in [2.05, 4.69) is 42.3 Å². The van der Waals surface area contributed by atoms with Crippen molar-refractivity contribution in [2.75, 3.05) is 44.7 Å². The van der Waals surface area contributed by atoms with Crippen LogP contribution in [0.15, 0.2) is 12.4 Å². The van der Waals surface area contributed by atoms with E-state index in [0.717, 1.165) is 51.6 Å². The van der Waals surface area contributed by atoms with Crippen molar-refractivity contribution in [2.45, 2.75) is 27.3 Å². The van der Waals surface area contributed by atoms with E-state index >= 15 is 0 Å². The molecule has 2 rings (SSSR count). The molecule has 1 aliphatic rings. The first kappa shape index (κ1) is 14.3. The molecule has 1 fully saturated rings. The second-order valence-electron chi connectivity index (χ2n) is 5.68. The van der Waals surface area contributed by atoms with Crippen molar-refractivity contribution >= 4 is 5.69 Å². The number of ether oxygens (including phenoxy) is 1. The first-order chi connectivity index (χ1) is 9.15. The van der Waals surface area contributed by atoms with Crippen LogP contribution in [0.5, 0.6) is 0 Å². The predicted octanol–water partition coefficient (Wildman–Crippen LogP) is 1.67. The summed E-state index contributed by atoms with van der Waals surface area (Å²) in [5.41, 5.74) is 1.40. The van der Waals surface area contributed by atoms with E-state index in [4.69, 9.17) is 4.74 Å². The molecule has 1 N–H and O–H groups in total. The molecule has 1 aliphatic heterocycles. The molecule has 19 heavy (non-hydrogen) atoms. The van der Waals surface area contributed by atoms with Gasteiger partial charge in [-0.3, -0.25) is 4.68 Å². The third-order valence-electron chi connectivity index (χ3n) is 3.79. The van der Waals surface area contributed by atoms with E-state index in [9.17, 15) is 0 Å². The standard InChI is InChI=1S/C14H26N4O/c1-4-17(5-2)6-7-18-9-13(8-16-18)15-10-14(3)11-19-12-14/h8-9,15H,4-7,10-12H2,1-3H3. The summed E-state index contributed by atoms with van der Waals surface area (Å²) in [5, 5.41) is 7.84. The molecule has 1 aromatic rings. The van der Waals surface area contributed by atoms with Gasteiger partial charge in [-0.1, -0.05) is 20.8 Å². The maximum atomic E-state index is 5.25. The molecule has 0 aliphatic carbocycles. The summed E-state index contributed by atoms with van der Waals surface area (Å²) >= 11 is 0. The Morgan fingerprint density at radius 2 is 2.16 bits per heavy atom. The smallest absolute Gasteiger partial charge is 0.0726 e. The Bertz CT molecular complexity index is 383. The molecule has 0 spiro atoms. The molecule has 0 radical (unpaired) electrons. The van der Waals surface area contributed by atoms with E-state index in [1.807, 2.05) is 10.9 Å². The first-order valence-electron chi connectivity index (χ1n) is 7.21. The zero-order valence-corrected chi connectivity index (χ0v) is 12.4. The van der Waals surface area contributed by atoms with Crippen LogP contribution < -0.4 is 5.32 Å². The third-order valence-corrected chi connectivity index (χ3v) is 3.79. The van der Waals surface area contributed by atoms with E-state index < -0.39 is 0 Å². The Morgan fingerprint density at radius 3 is 2.74 bits per heavy atom. The Hall–Kier alpha value is -1.07. The second kappa shape index (κ2) is 6.39. The predicted molar refractivity (Wildman–Crippen MR) is 77.4 cm³/mol. The zero-order chi connectivity index (χ0) is 13.7. The number of hydrogen-bond donors (Lipinski definition) is 1. The Kier molecular flexibility index (Phi) is 4.82. The molecule has 5 nitrogen and oxygen atoms in total. The summed E-state index contributed by atoms with van der Waals surface area (Å²) in [5.74, 6) is 0. The van der Waals surface area contributed by atoms with Crippen LogP contribution in [-0.2, 0) is 11.3 Å². The molecule has 108 valence electrons. The monoisotopic (exact) mass is 266 g/mol. The minimum atomic E-state index is 0.295. The van der Waals surface area contributed by atoms with Gasteiger partial charge in [0.05, 0.1) is 31.6 Å². The number of likely N-dealkylation sites (N-methyl/N-ethyl adjacent to an activating group) is 1. The summed E-state index contributed by atoms with van der Waals surface area (Å²) < 4.78 is 7.27. The number of rotatable bonds is 8. The van der Waals surface area contributed by atoms with Gasteiger partial charge in [-0.25, -0.2) is 0 Å². The maximum absolute atomic E-state index is 5.25. The third kappa shape index (κ3) is 3.94. The van der Waals surface area contributed by atoms with Gasteiger partial charge < -0.3 is 15.0 Å². The molecule has 0 amide bonds. The minimum absolute atomic E-state index is 0.295. The van der Waals surface area contributed by atoms with Gasteiger partial charge in [0.2, 0.25) is 0 Å². The lowest BCUT2D eigenvalue weighted by Gasteiger charge is -2.38. The van der Waals surface area contributed by atoms with E-state index in [1.54, 1.807) is 0 Å². The molecular weight excluding hydrogens is 240 g/mol. The lowest BCUT2D eigenvalue weighted by molar-refractivity contribution is -0.0924. The molecule has 0 saturated carbocycles. The van der Waals surface area contributed by atoms with E-state index in [1.165, 1.54) is 0 Å². The van der Waals surface area contributed by atoms with E-state index in [-0.39, 0.29) is 0 Å². The lowest BCUT2D eigenvalue weighted by Crippen LogP contribution is -2.45. The van der Waals surface area contributed by atoms with Crippen LogP contribution >= 0.6 is 0 Å². The average Bonchev–Trinajstić information content (AvgIpc) is 2.83. The molecular formula is C14H26N4O. The van der Waals surface area contributed by atoms with Crippen LogP contribution in [0.4, 0.5) is 5.69 Å². The van der Waals surface area contributed by atoms with Gasteiger partial charge in [0.15, 0.2) is 0 Å². The van der Waals surface area contributed by atoms with Crippen LogP contribution in [0.2, 0.25) is 0 Å². The molecule has 0 aromatic carbocycles. The lowest BCUT2D eigenvalue weighted by atomic mass is 9.89. The largest absolute Gasteiger partial charge is 0.382 e. The molecule has 1 aromatic heterocycles. The first-order valence-corrected chi connectivity index (χ1v) is 7.21. The van der Waals surface area contributed by atoms with E-state index in [0.29, 0.717) is 5.41 Å². The Labute approximate surface area is 115 Å². The SMILES string of the molecule is CCN(CC)CCn1cc(NCC2(C)COC2)cn1. The van der Waals surface area contributed by atoms with Gasteiger partial charge in [0.1, 0.15) is 0 Å². The number of nitrogens with zero attached hydrogens (tertiary/aromatic N) is 3. The molecule has 0 atom stereocenters. The summed E-state index contributed by atoms with van der Waals surface area (Å²) in [6.45, 7) is 13.5. The van der Waals surface area contributed by atoms with Gasteiger partial charge >= 0.3 is 0 Å². The van der Waals surface area contributed by atoms with Gasteiger partial charge in [0.25, 0.3) is 0 Å². The summed E-state index contributed by atoms with van der Waals surface area (Å²) in [4.78, 5) is 2.40. The zero-order valence-electron chi connectivity index (χ0n) is 12.4. The average molecular weight is 266 g/mol. The Morgan fingerprint density at radius 1 is 1.42 bits per heavy atom. The number of anilines is 1. The molecule has 0 unspecified atom stereocenters. The number of nitrogens with one attached hydrogen (secondary N) is 1. The molecule has 1 saturated heterocycles. The highest BCUT2D eigenvalue weighted by atomic mass is 16.5. The van der Waals surface area contributed by atoms with Crippen LogP contribution in [0.1, 0.15) is 20.8 Å². The van der Waals surface area contributed by atoms with Gasteiger partial charge in [-0.05, 0) is 13.1 Å². The van der Waals surface area contributed by atoms with Crippen molar-refractivity contribution in [3.05, 3.63) is 12.4 Å². The van der Waals surface area contributed by atoms with Crippen molar-refractivity contribution in [1.29, 1.82) is 0 Å². The quantitative estimate of drug-likeness (QED) is 0.777. The van der Waals surface area contributed by atoms with Crippen molar-refractivity contribution in [3.8, 4) is 0 Å². The molecule has 2 heterocycles. The van der Waals surface area contributed by atoms with Crippen molar-refractivity contribution < 1.29 is 4.74 Å². The minimum Gasteiger partial charge on any atom is -0.382 e. The maximum Gasteiger partial charge on any atom is 0.0726 e. The second-order valence-corrected chi connectivity index (χ2v) is 5.68. The fraction of sp³-hybridized carbons (Fsp3) is 0.786. The summed E-state index contributed by atoms with van der Waals surface area (Å²) in [7, 11) is 0. The number of hydrogen-bond acceptors (Lipinski definition) is 4. The fourth-order valence-electron chi connectivity index (χ4n) is 2.23. The van der Waals surface area contributed by atoms with Crippen LogP contribution in [0, 0.1) is 5.41 Å². The highest BCUT2D eigenvalue weighted by Crippen LogP contribution is 2.26. The fourth-order valence-corrected chi connectivity index (χ4v) is 2.23. The van der Waals surface area contributed by atoms with Crippen molar-refractivity contribution in [2.24, 2.45) is 5.41 Å². The van der Waals surface area contributed by atoms with Crippen molar-refractivity contribution in [3.63, 3.8) is 0 Å². The van der Waals surface area contributed by atoms with Gasteiger partial charge in [-0.15, -0.1) is 0 Å². The van der Waals surface area contributed by atoms with Gasteiger partial charge in [-0.2, -0.15) is 5.10 Å².